The summed E-state index contributed by atoms with van der Waals surface area (Å²) in [6, 6.07) is 75.2. The molecule has 10 aromatic carbocycles. The molecule has 0 saturated carbocycles. The van der Waals surface area contributed by atoms with Gasteiger partial charge in [0.1, 0.15) is 5.65 Å². The van der Waals surface area contributed by atoms with Gasteiger partial charge in [-0.3, -0.25) is 4.40 Å². The number of fused-ring (bicyclic) bond motifs is 16. The molecule has 0 saturated heterocycles. The van der Waals surface area contributed by atoms with Crippen LogP contribution in [0.25, 0.3) is 81.8 Å². The van der Waals surface area contributed by atoms with Crippen molar-refractivity contribution in [1.82, 2.24) is 9.38 Å². The van der Waals surface area contributed by atoms with Gasteiger partial charge in [0.15, 0.2) is 0 Å². The topological polar surface area (TPSA) is 23.8 Å². The Hall–Kier alpha value is -7.95. The van der Waals surface area contributed by atoms with E-state index in [4.69, 9.17) is 4.98 Å². The van der Waals surface area contributed by atoms with Crippen LogP contribution in [-0.2, 0) is 0 Å². The van der Waals surface area contributed by atoms with Gasteiger partial charge in [0.2, 0.25) is 0 Å². The standard InChI is InChI=1S/C55H34N4/c1-3-15-37(16-4-1)57-51-25-13-14-26-52(51)58(38-17-5-2-6-18-38)54-34-46-42-29-27-35(31-44(42)39-19-7-8-20-40(39)45(46)33-53(54)57)36-28-30-49-47(32-36)41-21-9-10-22-43(41)55-56-48-23-11-12-24-50(48)59(49)55/h1-34H. The fraction of sp³-hybridized carbons (Fsp3) is 0. The Bertz CT molecular complexity index is 3680. The molecule has 4 nitrogen and oxygen atoms in total. The normalized spacial score (nSPS) is 12.7. The number of imidazole rings is 1. The molecule has 2 aromatic heterocycles. The highest BCUT2D eigenvalue weighted by molar-refractivity contribution is 6.28. The summed E-state index contributed by atoms with van der Waals surface area (Å²) in [6.07, 6.45) is 0. The van der Waals surface area contributed by atoms with Crippen molar-refractivity contribution in [2.75, 3.05) is 9.80 Å². The summed E-state index contributed by atoms with van der Waals surface area (Å²) in [7, 11) is 0. The molecular weight excluding hydrogens is 717 g/mol. The molecule has 274 valence electrons. The molecule has 0 spiro atoms. The first-order chi connectivity index (χ1) is 29.3. The highest BCUT2D eigenvalue weighted by Crippen LogP contribution is 2.56. The van der Waals surface area contributed by atoms with E-state index in [1.54, 1.807) is 0 Å². The summed E-state index contributed by atoms with van der Waals surface area (Å²) in [5.41, 5.74) is 13.5. The summed E-state index contributed by atoms with van der Waals surface area (Å²) in [6.45, 7) is 0. The molecule has 0 amide bonds. The van der Waals surface area contributed by atoms with Crippen molar-refractivity contribution >= 4 is 105 Å². The van der Waals surface area contributed by atoms with Crippen molar-refractivity contribution in [2.45, 2.75) is 0 Å². The van der Waals surface area contributed by atoms with Crippen LogP contribution in [0.4, 0.5) is 34.1 Å². The molecule has 13 rings (SSSR count). The minimum atomic E-state index is 0.995. The van der Waals surface area contributed by atoms with Crippen molar-refractivity contribution in [3.05, 3.63) is 206 Å². The summed E-state index contributed by atoms with van der Waals surface area (Å²) in [4.78, 5) is 9.95. The average Bonchev–Trinajstić information content (AvgIpc) is 3.71. The van der Waals surface area contributed by atoms with Crippen LogP contribution in [0.3, 0.4) is 0 Å². The second-order valence-corrected chi connectivity index (χ2v) is 15.6. The molecule has 0 unspecified atom stereocenters. The number of hydrogen-bond acceptors (Lipinski definition) is 3. The molecule has 0 atom stereocenters. The molecule has 0 N–H and O–H groups in total. The van der Waals surface area contributed by atoms with E-state index in [0.29, 0.717) is 0 Å². The number of rotatable bonds is 3. The van der Waals surface area contributed by atoms with Gasteiger partial charge in [-0.25, -0.2) is 4.98 Å². The van der Waals surface area contributed by atoms with E-state index in [1.165, 1.54) is 54.2 Å². The zero-order valence-corrected chi connectivity index (χ0v) is 31.9. The minimum absolute atomic E-state index is 0.995. The van der Waals surface area contributed by atoms with E-state index >= 15 is 0 Å². The van der Waals surface area contributed by atoms with Crippen LogP contribution in [0.5, 0.6) is 0 Å². The van der Waals surface area contributed by atoms with Crippen molar-refractivity contribution in [3.63, 3.8) is 0 Å². The van der Waals surface area contributed by atoms with E-state index in [0.717, 1.165) is 61.7 Å². The smallest absolute Gasteiger partial charge is 0.146 e. The highest BCUT2D eigenvalue weighted by Gasteiger charge is 2.31. The zero-order chi connectivity index (χ0) is 38.6. The third kappa shape index (κ3) is 4.63. The van der Waals surface area contributed by atoms with Gasteiger partial charge >= 0.3 is 0 Å². The number of aromatic nitrogens is 2. The maximum Gasteiger partial charge on any atom is 0.146 e. The molecule has 0 aliphatic carbocycles. The van der Waals surface area contributed by atoms with Crippen LogP contribution in [0.1, 0.15) is 0 Å². The molecule has 0 fully saturated rings. The van der Waals surface area contributed by atoms with Crippen molar-refractivity contribution in [1.29, 1.82) is 0 Å². The van der Waals surface area contributed by atoms with Crippen LogP contribution in [0.2, 0.25) is 0 Å². The number of hydrogen-bond donors (Lipinski definition) is 0. The molecule has 0 radical (unpaired) electrons. The molecule has 12 aromatic rings. The van der Waals surface area contributed by atoms with E-state index in [9.17, 15) is 0 Å². The molecule has 1 aliphatic heterocycles. The molecule has 0 bridgehead atoms. The minimum Gasteiger partial charge on any atom is -0.306 e. The quantitative estimate of drug-likeness (QED) is 0.168. The van der Waals surface area contributed by atoms with E-state index in [2.05, 4.69) is 220 Å². The zero-order valence-electron chi connectivity index (χ0n) is 31.9. The van der Waals surface area contributed by atoms with E-state index < -0.39 is 0 Å². The predicted octanol–water partition coefficient (Wildman–Crippen LogP) is 15.2. The molecule has 1 aliphatic rings. The Morgan fingerprint density at radius 3 is 1.37 bits per heavy atom. The third-order valence-corrected chi connectivity index (χ3v) is 12.4. The van der Waals surface area contributed by atoms with Crippen LogP contribution in [0.15, 0.2) is 206 Å². The number of para-hydroxylation sites is 6. The van der Waals surface area contributed by atoms with Gasteiger partial charge in [-0.2, -0.15) is 0 Å². The largest absolute Gasteiger partial charge is 0.306 e. The number of anilines is 6. The van der Waals surface area contributed by atoms with Gasteiger partial charge in [0, 0.05) is 22.1 Å². The molecular formula is C55H34N4. The van der Waals surface area contributed by atoms with Crippen molar-refractivity contribution in [3.8, 4) is 11.1 Å². The van der Waals surface area contributed by atoms with Gasteiger partial charge in [-0.15, -0.1) is 0 Å². The second-order valence-electron chi connectivity index (χ2n) is 15.6. The summed E-state index contributed by atoms with van der Waals surface area (Å²) in [5.74, 6) is 0. The number of benzene rings is 10. The SMILES string of the molecule is c1ccc(N2c3ccccc3N(c3ccccc3)c3cc4c5ccc(-c6ccc7c(c6)c6ccccc6c6nc8ccccc8n76)cc5c5ccccc5c4cc32)cc1. The Labute approximate surface area is 340 Å². The average molecular weight is 751 g/mol. The first kappa shape index (κ1) is 32.2. The van der Waals surface area contributed by atoms with Crippen LogP contribution in [-0.4, -0.2) is 9.38 Å². The van der Waals surface area contributed by atoms with Gasteiger partial charge in [0.25, 0.3) is 0 Å². The summed E-state index contributed by atoms with van der Waals surface area (Å²) < 4.78 is 2.33. The first-order valence-corrected chi connectivity index (χ1v) is 20.2. The van der Waals surface area contributed by atoms with Gasteiger partial charge < -0.3 is 9.80 Å². The Kier molecular flexibility index (Phi) is 6.69. The lowest BCUT2D eigenvalue weighted by Gasteiger charge is -2.40. The fourth-order valence-corrected chi connectivity index (χ4v) is 9.82. The third-order valence-electron chi connectivity index (χ3n) is 12.4. The van der Waals surface area contributed by atoms with Gasteiger partial charge in [-0.05, 0) is 128 Å². The van der Waals surface area contributed by atoms with Crippen LogP contribution in [0, 0.1) is 0 Å². The van der Waals surface area contributed by atoms with Crippen molar-refractivity contribution < 1.29 is 0 Å². The number of nitrogens with zero attached hydrogens (tertiary/aromatic N) is 4. The lowest BCUT2D eigenvalue weighted by Crippen LogP contribution is -2.24. The highest BCUT2D eigenvalue weighted by atomic mass is 15.3. The Balaban J connectivity index is 1.07. The molecule has 4 heteroatoms. The lowest BCUT2D eigenvalue weighted by molar-refractivity contribution is 1.17. The monoisotopic (exact) mass is 750 g/mol. The molecule has 59 heavy (non-hydrogen) atoms. The number of pyridine rings is 1. The summed E-state index contributed by atoms with van der Waals surface area (Å²) >= 11 is 0. The Morgan fingerprint density at radius 2 is 0.746 bits per heavy atom. The van der Waals surface area contributed by atoms with Gasteiger partial charge in [0.05, 0.1) is 39.3 Å². The summed E-state index contributed by atoms with van der Waals surface area (Å²) in [5, 5.41) is 11.0. The maximum absolute atomic E-state index is 5.10. The maximum atomic E-state index is 5.10. The fourth-order valence-electron chi connectivity index (χ4n) is 9.82. The lowest BCUT2D eigenvalue weighted by atomic mass is 9.90. The first-order valence-electron chi connectivity index (χ1n) is 20.2. The Morgan fingerprint density at radius 1 is 0.288 bits per heavy atom. The van der Waals surface area contributed by atoms with E-state index in [-0.39, 0.29) is 0 Å². The second kappa shape index (κ2) is 12.3. The van der Waals surface area contributed by atoms with Crippen molar-refractivity contribution in [2.24, 2.45) is 0 Å². The van der Waals surface area contributed by atoms with Crippen LogP contribution < -0.4 is 9.80 Å². The van der Waals surface area contributed by atoms with Gasteiger partial charge in [-0.1, -0.05) is 127 Å². The van der Waals surface area contributed by atoms with E-state index in [1.807, 2.05) is 0 Å². The molecule has 3 heterocycles. The predicted molar refractivity (Wildman–Crippen MR) is 249 cm³/mol. The van der Waals surface area contributed by atoms with Crippen LogP contribution >= 0.6 is 0 Å².